The van der Waals surface area contributed by atoms with Gasteiger partial charge in [-0.2, -0.15) is 5.26 Å². The van der Waals surface area contributed by atoms with Crippen LogP contribution in [-0.2, 0) is 5.60 Å². The van der Waals surface area contributed by atoms with E-state index in [2.05, 4.69) is 19.9 Å². The summed E-state index contributed by atoms with van der Waals surface area (Å²) in [6.45, 7) is 6.18. The minimum Gasteiger partial charge on any atom is -0.385 e. The van der Waals surface area contributed by atoms with Gasteiger partial charge in [0.2, 0.25) is 0 Å². The van der Waals surface area contributed by atoms with Crippen molar-refractivity contribution in [1.82, 2.24) is 0 Å². The van der Waals surface area contributed by atoms with Gasteiger partial charge >= 0.3 is 0 Å². The topological polar surface area (TPSA) is 44.0 Å². The summed E-state index contributed by atoms with van der Waals surface area (Å²) in [6, 6.07) is 9.29. The molecule has 0 amide bonds. The lowest BCUT2D eigenvalue weighted by Crippen LogP contribution is -2.24. The van der Waals surface area contributed by atoms with Crippen molar-refractivity contribution in [2.75, 3.05) is 0 Å². The van der Waals surface area contributed by atoms with Crippen molar-refractivity contribution < 1.29 is 5.11 Å². The minimum absolute atomic E-state index is 0.505. The van der Waals surface area contributed by atoms with Crippen LogP contribution in [0.15, 0.2) is 24.3 Å². The van der Waals surface area contributed by atoms with E-state index in [-0.39, 0.29) is 0 Å². The van der Waals surface area contributed by atoms with E-state index in [0.717, 1.165) is 24.8 Å². The average molecular weight is 231 g/mol. The molecule has 1 aromatic carbocycles. The Labute approximate surface area is 104 Å². The molecular formula is C15H21NO. The Morgan fingerprint density at radius 1 is 1.35 bits per heavy atom. The van der Waals surface area contributed by atoms with Crippen LogP contribution in [0.25, 0.3) is 0 Å². The molecule has 92 valence electrons. The SMILES string of the molecule is CCCC(C)CC(C)(O)c1ccc(C#N)cc1. The zero-order valence-electron chi connectivity index (χ0n) is 10.9. The maximum atomic E-state index is 10.5. The largest absolute Gasteiger partial charge is 0.385 e. The number of aliphatic hydroxyl groups is 1. The molecular weight excluding hydrogens is 210 g/mol. The summed E-state index contributed by atoms with van der Waals surface area (Å²) >= 11 is 0. The second-order valence-corrected chi connectivity index (χ2v) is 5.06. The van der Waals surface area contributed by atoms with Crippen molar-refractivity contribution in [2.24, 2.45) is 5.92 Å². The normalized spacial score (nSPS) is 15.9. The van der Waals surface area contributed by atoms with E-state index in [9.17, 15) is 5.11 Å². The monoisotopic (exact) mass is 231 g/mol. The van der Waals surface area contributed by atoms with Gasteiger partial charge in [-0.15, -0.1) is 0 Å². The van der Waals surface area contributed by atoms with Crippen molar-refractivity contribution >= 4 is 0 Å². The molecule has 0 heterocycles. The van der Waals surface area contributed by atoms with Crippen molar-refractivity contribution in [2.45, 2.75) is 45.6 Å². The molecule has 0 spiro atoms. The van der Waals surface area contributed by atoms with Gasteiger partial charge in [-0.3, -0.25) is 0 Å². The molecule has 0 fully saturated rings. The van der Waals surface area contributed by atoms with E-state index in [1.54, 1.807) is 12.1 Å². The number of hydrogen-bond acceptors (Lipinski definition) is 2. The Balaban J connectivity index is 2.78. The Morgan fingerprint density at radius 2 is 1.94 bits per heavy atom. The van der Waals surface area contributed by atoms with Gasteiger partial charge in [0.15, 0.2) is 0 Å². The fourth-order valence-corrected chi connectivity index (χ4v) is 2.30. The van der Waals surface area contributed by atoms with Gasteiger partial charge < -0.3 is 5.11 Å². The quantitative estimate of drug-likeness (QED) is 0.841. The van der Waals surface area contributed by atoms with Crippen molar-refractivity contribution in [1.29, 1.82) is 5.26 Å². The number of nitriles is 1. The molecule has 0 saturated heterocycles. The molecule has 2 nitrogen and oxygen atoms in total. The Morgan fingerprint density at radius 3 is 2.41 bits per heavy atom. The number of hydrogen-bond donors (Lipinski definition) is 1. The molecule has 2 heteroatoms. The molecule has 0 bridgehead atoms. The first-order valence-corrected chi connectivity index (χ1v) is 6.22. The summed E-state index contributed by atoms with van der Waals surface area (Å²) in [5.41, 5.74) is 0.716. The van der Waals surface area contributed by atoms with Gasteiger partial charge in [-0.1, -0.05) is 38.8 Å². The maximum Gasteiger partial charge on any atom is 0.0991 e. The highest BCUT2D eigenvalue weighted by atomic mass is 16.3. The maximum absolute atomic E-state index is 10.5. The molecule has 0 saturated carbocycles. The summed E-state index contributed by atoms with van der Waals surface area (Å²) in [7, 11) is 0. The Kier molecular flexibility index (Phi) is 4.72. The first-order chi connectivity index (χ1) is 7.99. The van der Waals surface area contributed by atoms with E-state index in [1.807, 2.05) is 19.1 Å². The molecule has 0 radical (unpaired) electrons. The van der Waals surface area contributed by atoms with Crippen LogP contribution in [-0.4, -0.2) is 5.11 Å². The zero-order chi connectivity index (χ0) is 12.9. The Hall–Kier alpha value is -1.33. The third-order valence-corrected chi connectivity index (χ3v) is 3.16. The van der Waals surface area contributed by atoms with Gasteiger partial charge in [0.25, 0.3) is 0 Å². The first kappa shape index (κ1) is 13.7. The predicted molar refractivity (Wildman–Crippen MR) is 69.4 cm³/mol. The standard InChI is InChI=1S/C15H21NO/c1-4-5-12(2)10-15(3,17)14-8-6-13(11-16)7-9-14/h6-9,12,17H,4-5,10H2,1-3H3. The van der Waals surface area contributed by atoms with Crippen LogP contribution in [0.1, 0.15) is 51.2 Å². The fraction of sp³-hybridized carbons (Fsp3) is 0.533. The molecule has 2 unspecified atom stereocenters. The number of rotatable bonds is 5. The molecule has 0 aromatic heterocycles. The second-order valence-electron chi connectivity index (χ2n) is 5.06. The van der Waals surface area contributed by atoms with Crippen LogP contribution in [0, 0.1) is 17.2 Å². The number of nitrogens with zero attached hydrogens (tertiary/aromatic N) is 1. The molecule has 2 atom stereocenters. The number of benzene rings is 1. The zero-order valence-corrected chi connectivity index (χ0v) is 10.9. The lowest BCUT2D eigenvalue weighted by molar-refractivity contribution is 0.0311. The summed E-state index contributed by atoms with van der Waals surface area (Å²) in [4.78, 5) is 0. The van der Waals surface area contributed by atoms with E-state index in [1.165, 1.54) is 0 Å². The highest BCUT2D eigenvalue weighted by Gasteiger charge is 2.25. The van der Waals surface area contributed by atoms with Crippen molar-refractivity contribution in [3.8, 4) is 6.07 Å². The third kappa shape index (κ3) is 3.87. The van der Waals surface area contributed by atoms with Crippen molar-refractivity contribution in [3.63, 3.8) is 0 Å². The van der Waals surface area contributed by atoms with E-state index in [4.69, 9.17) is 5.26 Å². The van der Waals surface area contributed by atoms with Gasteiger partial charge in [0.05, 0.1) is 17.2 Å². The van der Waals surface area contributed by atoms with Crippen LogP contribution in [0.3, 0.4) is 0 Å². The van der Waals surface area contributed by atoms with E-state index < -0.39 is 5.60 Å². The summed E-state index contributed by atoms with van der Waals surface area (Å²) < 4.78 is 0. The first-order valence-electron chi connectivity index (χ1n) is 6.22. The molecule has 1 aromatic rings. The summed E-state index contributed by atoms with van der Waals surface area (Å²) in [5.74, 6) is 0.505. The highest BCUT2D eigenvalue weighted by Crippen LogP contribution is 2.29. The summed E-state index contributed by atoms with van der Waals surface area (Å²) in [5, 5.41) is 19.2. The van der Waals surface area contributed by atoms with Crippen LogP contribution in [0.2, 0.25) is 0 Å². The van der Waals surface area contributed by atoms with Crippen molar-refractivity contribution in [3.05, 3.63) is 35.4 Å². The minimum atomic E-state index is -0.803. The highest BCUT2D eigenvalue weighted by molar-refractivity contribution is 5.33. The third-order valence-electron chi connectivity index (χ3n) is 3.16. The second kappa shape index (κ2) is 5.84. The van der Waals surface area contributed by atoms with Crippen LogP contribution < -0.4 is 0 Å². The van der Waals surface area contributed by atoms with Crippen LogP contribution in [0.5, 0.6) is 0 Å². The van der Waals surface area contributed by atoms with Crippen LogP contribution >= 0.6 is 0 Å². The van der Waals surface area contributed by atoms with Gasteiger partial charge in [-0.25, -0.2) is 0 Å². The van der Waals surface area contributed by atoms with Gasteiger partial charge in [0.1, 0.15) is 0 Å². The lowest BCUT2D eigenvalue weighted by Gasteiger charge is -2.27. The van der Waals surface area contributed by atoms with E-state index in [0.29, 0.717) is 11.5 Å². The van der Waals surface area contributed by atoms with Gasteiger partial charge in [-0.05, 0) is 37.0 Å². The molecule has 1 rings (SSSR count). The Bertz CT molecular complexity index is 386. The molecule has 0 aliphatic heterocycles. The fourth-order valence-electron chi connectivity index (χ4n) is 2.30. The molecule has 1 N–H and O–H groups in total. The molecule has 0 aliphatic carbocycles. The summed E-state index contributed by atoms with van der Waals surface area (Å²) in [6.07, 6.45) is 3.03. The smallest absolute Gasteiger partial charge is 0.0991 e. The van der Waals surface area contributed by atoms with Crippen LogP contribution in [0.4, 0.5) is 0 Å². The van der Waals surface area contributed by atoms with E-state index >= 15 is 0 Å². The van der Waals surface area contributed by atoms with Gasteiger partial charge in [0, 0.05) is 0 Å². The lowest BCUT2D eigenvalue weighted by atomic mass is 9.85. The average Bonchev–Trinajstić information content (AvgIpc) is 2.28. The molecule has 0 aliphatic rings. The molecule has 17 heavy (non-hydrogen) atoms. The predicted octanol–water partition coefficient (Wildman–Crippen LogP) is 3.59.